The van der Waals surface area contributed by atoms with Crippen molar-refractivity contribution in [2.24, 2.45) is 0 Å². The molecule has 0 spiro atoms. The van der Waals surface area contributed by atoms with E-state index >= 15 is 0 Å². The van der Waals surface area contributed by atoms with Crippen molar-refractivity contribution in [2.75, 3.05) is 21.3 Å². The first-order valence-electron chi connectivity index (χ1n) is 8.43. The van der Waals surface area contributed by atoms with Crippen molar-refractivity contribution in [3.8, 4) is 39.5 Å². The molecule has 0 aliphatic rings. The van der Waals surface area contributed by atoms with Crippen molar-refractivity contribution in [2.45, 2.75) is 0 Å². The predicted octanol–water partition coefficient (Wildman–Crippen LogP) is 4.32. The van der Waals surface area contributed by atoms with Crippen LogP contribution in [0.3, 0.4) is 0 Å². The zero-order chi connectivity index (χ0) is 18.8. The molecule has 0 saturated carbocycles. The minimum atomic E-state index is 0.565. The molecule has 3 aromatic heterocycles. The molecule has 0 saturated heterocycles. The van der Waals surface area contributed by atoms with Gasteiger partial charge in [-0.3, -0.25) is 4.98 Å². The topological polar surface area (TPSA) is 69.3 Å². The van der Waals surface area contributed by atoms with E-state index < -0.39 is 0 Å². The second-order valence-electron chi connectivity index (χ2n) is 5.98. The maximum absolute atomic E-state index is 5.47. The van der Waals surface area contributed by atoms with Gasteiger partial charge in [0.05, 0.1) is 21.3 Å². The summed E-state index contributed by atoms with van der Waals surface area (Å²) in [4.78, 5) is 12.0. The fraction of sp³-hybridized carbons (Fsp3) is 0.143. The third-order valence-electron chi connectivity index (χ3n) is 4.50. The van der Waals surface area contributed by atoms with E-state index in [9.17, 15) is 0 Å². The lowest BCUT2D eigenvalue weighted by molar-refractivity contribution is 0.324. The van der Waals surface area contributed by atoms with Gasteiger partial charge in [-0.1, -0.05) is 6.07 Å². The number of rotatable bonds is 5. The van der Waals surface area contributed by atoms with Gasteiger partial charge in [-0.15, -0.1) is 0 Å². The summed E-state index contributed by atoms with van der Waals surface area (Å²) < 4.78 is 16.3. The molecule has 0 radical (unpaired) electrons. The van der Waals surface area contributed by atoms with Crippen molar-refractivity contribution in [1.82, 2.24) is 15.0 Å². The van der Waals surface area contributed by atoms with Gasteiger partial charge in [0.25, 0.3) is 0 Å². The third kappa shape index (κ3) is 2.95. The zero-order valence-electron chi connectivity index (χ0n) is 15.3. The highest BCUT2D eigenvalue weighted by molar-refractivity contribution is 5.95. The summed E-state index contributed by atoms with van der Waals surface area (Å²) in [6, 6.07) is 9.88. The van der Waals surface area contributed by atoms with Crippen LogP contribution in [0.2, 0.25) is 0 Å². The van der Waals surface area contributed by atoms with Crippen LogP contribution in [0, 0.1) is 0 Å². The average molecular weight is 361 g/mol. The summed E-state index contributed by atoms with van der Waals surface area (Å²) in [6.45, 7) is 0. The van der Waals surface area contributed by atoms with Crippen LogP contribution in [0.4, 0.5) is 0 Å². The Kier molecular flexibility index (Phi) is 4.38. The third-order valence-corrected chi connectivity index (χ3v) is 4.50. The molecule has 1 aromatic carbocycles. The number of aromatic nitrogens is 3. The first-order chi connectivity index (χ1) is 13.2. The van der Waals surface area contributed by atoms with E-state index in [0.717, 1.165) is 33.3 Å². The van der Waals surface area contributed by atoms with E-state index in [0.29, 0.717) is 17.2 Å². The Hall–Kier alpha value is -3.54. The van der Waals surface area contributed by atoms with Gasteiger partial charge < -0.3 is 19.2 Å². The molecular formula is C21H19N3O3. The van der Waals surface area contributed by atoms with Gasteiger partial charge in [0.1, 0.15) is 5.65 Å². The number of nitrogens with one attached hydrogen (secondary N) is 1. The first kappa shape index (κ1) is 16.9. The van der Waals surface area contributed by atoms with Crippen LogP contribution in [-0.4, -0.2) is 36.3 Å². The second-order valence-corrected chi connectivity index (χ2v) is 5.98. The first-order valence-corrected chi connectivity index (χ1v) is 8.43. The van der Waals surface area contributed by atoms with E-state index in [1.165, 1.54) is 0 Å². The van der Waals surface area contributed by atoms with Gasteiger partial charge in [0.15, 0.2) is 11.5 Å². The molecule has 0 aliphatic carbocycles. The molecule has 0 atom stereocenters. The number of fused-ring (bicyclic) bond motifs is 1. The molecule has 0 bridgehead atoms. The number of benzene rings is 1. The minimum absolute atomic E-state index is 0.565. The predicted molar refractivity (Wildman–Crippen MR) is 104 cm³/mol. The standard InChI is InChI=1S/C21H19N3O3/c1-25-18-8-14(9-19(26-2)20(18)27-3)15-7-16-17(12-24-21(16)23-11-15)13-5-4-6-22-10-13/h4-12H,1-3H3,(H,23,24). The van der Waals surface area contributed by atoms with Gasteiger partial charge in [0, 0.05) is 46.9 Å². The number of aromatic amines is 1. The summed E-state index contributed by atoms with van der Waals surface area (Å²) in [7, 11) is 4.80. The van der Waals surface area contributed by atoms with Crippen LogP contribution in [0.1, 0.15) is 0 Å². The summed E-state index contributed by atoms with van der Waals surface area (Å²) in [5, 5.41) is 1.02. The average Bonchev–Trinajstić information content (AvgIpc) is 3.16. The molecule has 1 N–H and O–H groups in total. The smallest absolute Gasteiger partial charge is 0.203 e. The van der Waals surface area contributed by atoms with Crippen LogP contribution < -0.4 is 14.2 Å². The van der Waals surface area contributed by atoms with Crippen molar-refractivity contribution < 1.29 is 14.2 Å². The number of ether oxygens (including phenoxy) is 3. The Labute approximate surface area is 156 Å². The normalized spacial score (nSPS) is 10.8. The molecule has 4 aromatic rings. The highest BCUT2D eigenvalue weighted by atomic mass is 16.5. The van der Waals surface area contributed by atoms with Crippen LogP contribution in [-0.2, 0) is 0 Å². The van der Waals surface area contributed by atoms with E-state index in [1.807, 2.05) is 42.9 Å². The number of methoxy groups -OCH3 is 3. The van der Waals surface area contributed by atoms with Gasteiger partial charge in [-0.05, 0) is 29.8 Å². The number of H-pyrrole nitrogens is 1. The molecular weight excluding hydrogens is 342 g/mol. The molecule has 3 heterocycles. The summed E-state index contributed by atoms with van der Waals surface area (Å²) in [5.41, 5.74) is 4.79. The lowest BCUT2D eigenvalue weighted by Gasteiger charge is -2.14. The van der Waals surface area contributed by atoms with E-state index in [1.54, 1.807) is 27.5 Å². The SMILES string of the molecule is COc1cc(-c2cnc3[nH]cc(-c4cccnc4)c3c2)cc(OC)c1OC. The quantitative estimate of drug-likeness (QED) is 0.573. The number of hydrogen-bond donors (Lipinski definition) is 1. The zero-order valence-corrected chi connectivity index (χ0v) is 15.3. The van der Waals surface area contributed by atoms with Crippen molar-refractivity contribution in [3.63, 3.8) is 0 Å². The number of pyridine rings is 2. The van der Waals surface area contributed by atoms with Gasteiger partial charge in [-0.25, -0.2) is 4.98 Å². The summed E-state index contributed by atoms with van der Waals surface area (Å²) in [5.74, 6) is 1.78. The molecule has 136 valence electrons. The highest BCUT2D eigenvalue weighted by Gasteiger charge is 2.15. The van der Waals surface area contributed by atoms with E-state index in [-0.39, 0.29) is 0 Å². The summed E-state index contributed by atoms with van der Waals surface area (Å²) in [6.07, 6.45) is 7.38. The molecule has 0 unspecified atom stereocenters. The van der Waals surface area contributed by atoms with Crippen molar-refractivity contribution in [1.29, 1.82) is 0 Å². The van der Waals surface area contributed by atoms with Crippen molar-refractivity contribution in [3.05, 3.63) is 55.1 Å². The largest absolute Gasteiger partial charge is 0.493 e. The maximum atomic E-state index is 5.47. The van der Waals surface area contributed by atoms with Crippen LogP contribution in [0.5, 0.6) is 17.2 Å². The van der Waals surface area contributed by atoms with Gasteiger partial charge in [-0.2, -0.15) is 0 Å². The molecule has 4 rings (SSSR count). The molecule has 0 amide bonds. The highest BCUT2D eigenvalue weighted by Crippen LogP contribution is 2.41. The fourth-order valence-electron chi connectivity index (χ4n) is 3.17. The monoisotopic (exact) mass is 361 g/mol. The lowest BCUT2D eigenvalue weighted by atomic mass is 10.0. The number of nitrogens with zero attached hydrogens (tertiary/aromatic N) is 2. The van der Waals surface area contributed by atoms with Crippen LogP contribution in [0.25, 0.3) is 33.3 Å². The van der Waals surface area contributed by atoms with Crippen LogP contribution in [0.15, 0.2) is 55.1 Å². The maximum Gasteiger partial charge on any atom is 0.203 e. The van der Waals surface area contributed by atoms with E-state index in [4.69, 9.17) is 14.2 Å². The van der Waals surface area contributed by atoms with Gasteiger partial charge >= 0.3 is 0 Å². The Morgan fingerprint density at radius 3 is 2.26 bits per heavy atom. The number of hydrogen-bond acceptors (Lipinski definition) is 5. The van der Waals surface area contributed by atoms with Gasteiger partial charge in [0.2, 0.25) is 5.75 Å². The van der Waals surface area contributed by atoms with E-state index in [2.05, 4.69) is 21.0 Å². The molecule has 27 heavy (non-hydrogen) atoms. The fourth-order valence-corrected chi connectivity index (χ4v) is 3.17. The lowest BCUT2D eigenvalue weighted by Crippen LogP contribution is -1.96. The second kappa shape index (κ2) is 6.99. The Morgan fingerprint density at radius 1 is 0.852 bits per heavy atom. The summed E-state index contributed by atoms with van der Waals surface area (Å²) >= 11 is 0. The Balaban J connectivity index is 1.88. The minimum Gasteiger partial charge on any atom is -0.493 e. The molecule has 0 aliphatic heterocycles. The van der Waals surface area contributed by atoms with Crippen LogP contribution >= 0.6 is 0 Å². The van der Waals surface area contributed by atoms with Crippen molar-refractivity contribution >= 4 is 11.0 Å². The molecule has 6 nitrogen and oxygen atoms in total. The Bertz CT molecular complexity index is 1070. The Morgan fingerprint density at radius 2 is 1.63 bits per heavy atom. The molecule has 6 heteroatoms. The molecule has 0 fully saturated rings.